The molecule has 0 amide bonds. The molecule has 0 rings (SSSR count). The first-order chi connectivity index (χ1) is 1.00. The summed E-state index contributed by atoms with van der Waals surface area (Å²) in [6.07, 6.45) is 0. The molecule has 0 fully saturated rings. The van der Waals surface area contributed by atoms with Crippen molar-refractivity contribution in [1.82, 2.24) is 0 Å². The van der Waals surface area contributed by atoms with Gasteiger partial charge in [0, 0.05) is 17.1 Å². The van der Waals surface area contributed by atoms with Gasteiger partial charge in [-0.3, -0.25) is 0 Å². The summed E-state index contributed by atoms with van der Waals surface area (Å²) in [6, 6.07) is 0. The van der Waals surface area contributed by atoms with E-state index < -0.39 is 0 Å². The van der Waals surface area contributed by atoms with Crippen molar-refractivity contribution in [1.29, 1.82) is 0 Å². The fourth-order valence-corrected chi connectivity index (χ4v) is 0. The van der Waals surface area contributed by atoms with Crippen molar-refractivity contribution in [2.45, 2.75) is 0 Å². The van der Waals surface area contributed by atoms with Gasteiger partial charge in [0.25, 0.3) is 0 Å². The minimum atomic E-state index is 0. The number of hydrogen-bond donors (Lipinski definition) is 0. The van der Waals surface area contributed by atoms with Gasteiger partial charge >= 0.3 is 53.1 Å². The molecule has 0 saturated heterocycles. The van der Waals surface area contributed by atoms with Crippen LogP contribution in [0.3, 0.4) is 0 Å². The Balaban J connectivity index is -0.00000000167. The maximum absolute atomic E-state index is 2.50. The van der Waals surface area contributed by atoms with Crippen molar-refractivity contribution >= 4 is 65.6 Å². The van der Waals surface area contributed by atoms with E-state index in [9.17, 15) is 0 Å². The van der Waals surface area contributed by atoms with Crippen molar-refractivity contribution in [3.63, 3.8) is 0 Å². The second kappa shape index (κ2) is 29.7. The zero-order valence-electron chi connectivity index (χ0n) is 1.53. The molecule has 0 aromatic heterocycles. The van der Waals surface area contributed by atoms with E-state index in [2.05, 4.69) is 27.3 Å². The predicted octanol–water partition coefficient (Wildman–Crippen LogP) is -1.53. The van der Waals surface area contributed by atoms with Crippen LogP contribution < -0.4 is 0 Å². The van der Waals surface area contributed by atoms with Crippen LogP contribution >= 0.6 is 12.4 Å². The topological polar surface area (TPSA) is 0 Å². The Kier molecular flexibility index (Phi) is 150. The van der Waals surface area contributed by atoms with Crippen LogP contribution in [0.2, 0.25) is 0 Å². The van der Waals surface area contributed by atoms with Gasteiger partial charge in [-0.15, -0.1) is 12.4 Å². The van der Waals surface area contributed by atoms with Crippen molar-refractivity contribution in [3.8, 4) is 0 Å². The van der Waals surface area contributed by atoms with E-state index in [4.69, 9.17) is 0 Å². The molecule has 0 aliphatic carbocycles. The summed E-state index contributed by atoms with van der Waals surface area (Å²) >= 11 is 5.00. The zero-order chi connectivity index (χ0) is 2.00. The van der Waals surface area contributed by atoms with E-state index in [0.29, 0.717) is 0 Å². The summed E-state index contributed by atoms with van der Waals surface area (Å²) < 4.78 is 0. The van der Waals surface area contributed by atoms with E-state index in [1.54, 1.807) is 0 Å². The molecule has 0 bridgehead atoms. The fraction of sp³-hybridized carbons (Fsp3) is 0. The Morgan fingerprint density at radius 1 is 1.00 bits per heavy atom. The standard InChI is InChI=1S/ClH.Cu.In.Se2.3H/c;;;1-2;;;/h1H;;;;;;. The summed E-state index contributed by atoms with van der Waals surface area (Å²) in [5.74, 6) is 0. The molecule has 37 valence electrons. The zero-order valence-corrected chi connectivity index (χ0v) is 6.71. The number of halogens is 1. The van der Waals surface area contributed by atoms with E-state index in [-0.39, 0.29) is 55.3 Å². The molecule has 0 atom stereocenters. The van der Waals surface area contributed by atoms with Gasteiger partial charge in [-0.2, -0.15) is 0 Å². The first-order valence-corrected chi connectivity index (χ1v) is 4.50. The molecule has 0 saturated carbocycles. The fourth-order valence-electron chi connectivity index (χ4n) is 0. The Labute approximate surface area is 81.4 Å². The molecule has 0 nitrogen and oxygen atoms in total. The van der Waals surface area contributed by atoms with Gasteiger partial charge in [-0.05, 0) is 0 Å². The Hall–Kier alpha value is 2.72. The molecule has 0 aliphatic heterocycles. The first-order valence-electron chi connectivity index (χ1n) is 0.167. The number of rotatable bonds is 0. The average molecular weight is 376 g/mol. The van der Waals surface area contributed by atoms with Crippen molar-refractivity contribution in [2.75, 3.05) is 0 Å². The van der Waals surface area contributed by atoms with Crippen LogP contribution in [0, 0.1) is 0 Å². The van der Waals surface area contributed by atoms with Crippen molar-refractivity contribution in [2.24, 2.45) is 0 Å². The molecule has 0 heterocycles. The third-order valence-electron chi connectivity index (χ3n) is 0. The second-order valence-electron chi connectivity index (χ2n) is 0. The molecule has 0 N–H and O–H groups in total. The van der Waals surface area contributed by atoms with E-state index >= 15 is 0 Å². The van der Waals surface area contributed by atoms with Gasteiger partial charge in [0.2, 0.25) is 0 Å². The summed E-state index contributed by atoms with van der Waals surface area (Å²) in [7, 11) is 0. The molecule has 5 heavy (non-hydrogen) atoms. The Bertz CT molecular complexity index is 9.61. The average Bonchev–Trinajstić information content (AvgIpc) is 1.00. The quantitative estimate of drug-likeness (QED) is 0.451. The van der Waals surface area contributed by atoms with Gasteiger partial charge in [0.1, 0.15) is 0 Å². The molecule has 1 radical (unpaired) electrons. The van der Waals surface area contributed by atoms with Crippen LogP contribution in [-0.2, 0) is 17.1 Å². The summed E-state index contributed by atoms with van der Waals surface area (Å²) in [5, 5.41) is 0. The van der Waals surface area contributed by atoms with E-state index in [0.717, 1.165) is 0 Å². The molecular formula is H4ClCuInSe2. The molecule has 0 aromatic rings. The maximum atomic E-state index is 2.50. The van der Waals surface area contributed by atoms with Gasteiger partial charge in [0.15, 0.2) is 0 Å². The molecule has 0 aromatic carbocycles. The monoisotopic (exact) mass is 377 g/mol. The Morgan fingerprint density at radius 3 is 1.00 bits per heavy atom. The Morgan fingerprint density at radius 2 is 1.00 bits per heavy atom. The minimum absolute atomic E-state index is 0. The van der Waals surface area contributed by atoms with Crippen LogP contribution in [0.15, 0.2) is 0 Å². The molecule has 0 aliphatic rings. The van der Waals surface area contributed by atoms with Crippen LogP contribution in [0.25, 0.3) is 0 Å². The van der Waals surface area contributed by atoms with Crippen LogP contribution in [0.5, 0.6) is 0 Å². The van der Waals surface area contributed by atoms with E-state index in [1.807, 2.05) is 0 Å². The third kappa shape index (κ3) is 20.2. The van der Waals surface area contributed by atoms with Crippen molar-refractivity contribution in [3.05, 3.63) is 0 Å². The third-order valence-corrected chi connectivity index (χ3v) is 0. The predicted molar refractivity (Wildman–Crippen MR) is 28.7 cm³/mol. The van der Waals surface area contributed by atoms with E-state index in [1.165, 1.54) is 0 Å². The molecule has 5 heteroatoms. The van der Waals surface area contributed by atoms with Crippen LogP contribution in [0.1, 0.15) is 0 Å². The number of hydrogen-bond acceptors (Lipinski definition) is 0. The van der Waals surface area contributed by atoms with Gasteiger partial charge in [0.05, 0.1) is 0 Å². The molecule has 0 unspecified atom stereocenters. The normalized spacial score (nSPS) is 0.800. The summed E-state index contributed by atoms with van der Waals surface area (Å²) in [4.78, 5) is 0. The van der Waals surface area contributed by atoms with Gasteiger partial charge < -0.3 is 0 Å². The molecular weight excluding hydrogens is 372 g/mol. The van der Waals surface area contributed by atoms with Crippen LogP contribution in [0.4, 0.5) is 0 Å². The van der Waals surface area contributed by atoms with Crippen LogP contribution in [-0.4, -0.2) is 53.1 Å². The van der Waals surface area contributed by atoms with Gasteiger partial charge in [-0.1, -0.05) is 0 Å². The van der Waals surface area contributed by atoms with Crippen molar-refractivity contribution < 1.29 is 17.1 Å². The first kappa shape index (κ1) is 25.2. The van der Waals surface area contributed by atoms with Gasteiger partial charge in [-0.25, -0.2) is 0 Å². The SMILES string of the molecule is Cl.[Cu].[InH3].[Se]=[Se]. The molecule has 0 spiro atoms. The second-order valence-corrected chi connectivity index (χ2v) is 0. The summed E-state index contributed by atoms with van der Waals surface area (Å²) in [6.45, 7) is 0. The summed E-state index contributed by atoms with van der Waals surface area (Å²) in [5.41, 5.74) is 0.